The molecule has 0 spiro atoms. The van der Waals surface area contributed by atoms with Crippen LogP contribution in [0.5, 0.6) is 5.75 Å². The Labute approximate surface area is 116 Å². The molecule has 1 aromatic heterocycles. The monoisotopic (exact) mass is 275 g/mol. The Hall–Kier alpha value is -2.44. The van der Waals surface area contributed by atoms with Crippen molar-refractivity contribution < 1.29 is 9.53 Å². The van der Waals surface area contributed by atoms with Crippen LogP contribution in [-0.2, 0) is 11.8 Å². The van der Waals surface area contributed by atoms with Gasteiger partial charge in [0.15, 0.2) is 6.61 Å². The second-order valence-electron chi connectivity index (χ2n) is 4.66. The number of rotatable bonds is 5. The summed E-state index contributed by atoms with van der Waals surface area (Å²) in [5.41, 5.74) is 1.23. The third-order valence-corrected chi connectivity index (χ3v) is 2.68. The fraction of sp³-hybridized carbons (Fsp3) is 0.385. The molecule has 1 aromatic carbocycles. The predicted octanol–water partition coefficient (Wildman–Crippen LogP) is 1.35. The molecule has 2 aromatic rings. The van der Waals surface area contributed by atoms with Crippen LogP contribution < -0.4 is 10.1 Å². The number of aromatic nitrogens is 4. The summed E-state index contributed by atoms with van der Waals surface area (Å²) in [6, 6.07) is 7.68. The Bertz CT molecular complexity index is 577. The molecule has 1 heterocycles. The van der Waals surface area contributed by atoms with Crippen molar-refractivity contribution in [3.8, 4) is 5.75 Å². The first-order chi connectivity index (χ1) is 9.54. The molecule has 0 aliphatic rings. The number of amides is 1. The van der Waals surface area contributed by atoms with E-state index in [0.29, 0.717) is 11.7 Å². The molecule has 0 fully saturated rings. The highest BCUT2D eigenvalue weighted by molar-refractivity contribution is 5.90. The van der Waals surface area contributed by atoms with E-state index < -0.39 is 0 Å². The van der Waals surface area contributed by atoms with Gasteiger partial charge >= 0.3 is 0 Å². The summed E-state index contributed by atoms with van der Waals surface area (Å²) in [5, 5.41) is 13.6. The van der Waals surface area contributed by atoms with E-state index in [2.05, 4.69) is 34.6 Å². The van der Waals surface area contributed by atoms with Crippen LogP contribution in [0.1, 0.15) is 25.3 Å². The minimum atomic E-state index is -0.328. The highest BCUT2D eigenvalue weighted by Crippen LogP contribution is 2.18. The molecule has 0 aliphatic carbocycles. The predicted molar refractivity (Wildman–Crippen MR) is 73.5 cm³/mol. The summed E-state index contributed by atoms with van der Waals surface area (Å²) in [5.74, 6) is 0.953. The van der Waals surface area contributed by atoms with E-state index >= 15 is 0 Å². The molecule has 0 aliphatic heterocycles. The van der Waals surface area contributed by atoms with Crippen molar-refractivity contribution in [3.63, 3.8) is 0 Å². The second-order valence-corrected chi connectivity index (χ2v) is 4.66. The molecule has 1 amide bonds. The van der Waals surface area contributed by atoms with Crippen molar-refractivity contribution in [2.75, 3.05) is 11.9 Å². The van der Waals surface area contributed by atoms with E-state index in [-0.39, 0.29) is 18.5 Å². The lowest BCUT2D eigenvalue weighted by Crippen LogP contribution is -2.21. The summed E-state index contributed by atoms with van der Waals surface area (Å²) < 4.78 is 5.39. The number of nitrogens with zero attached hydrogens (tertiary/aromatic N) is 4. The first-order valence-electron chi connectivity index (χ1n) is 6.31. The molecule has 7 heteroatoms. The lowest BCUT2D eigenvalue weighted by Gasteiger charge is -2.08. The number of benzene rings is 1. The fourth-order valence-electron chi connectivity index (χ4n) is 1.59. The molecule has 0 saturated carbocycles. The largest absolute Gasteiger partial charge is 0.484 e. The van der Waals surface area contributed by atoms with E-state index in [1.165, 1.54) is 10.4 Å². The van der Waals surface area contributed by atoms with E-state index in [1.807, 2.05) is 24.3 Å². The molecular weight excluding hydrogens is 258 g/mol. The molecule has 0 radical (unpaired) electrons. The quantitative estimate of drug-likeness (QED) is 0.890. The number of hydrogen-bond acceptors (Lipinski definition) is 5. The number of aryl methyl sites for hydroxylation is 1. The molecule has 20 heavy (non-hydrogen) atoms. The van der Waals surface area contributed by atoms with Crippen LogP contribution in [0.15, 0.2) is 24.3 Å². The third-order valence-electron chi connectivity index (χ3n) is 2.68. The molecular formula is C13H17N5O2. The number of carbonyl (C=O) groups excluding carboxylic acids is 1. The summed E-state index contributed by atoms with van der Waals surface area (Å²) in [6.45, 7) is 4.15. The number of ether oxygens (including phenoxy) is 1. The average Bonchev–Trinajstić information content (AvgIpc) is 2.82. The van der Waals surface area contributed by atoms with Gasteiger partial charge in [0.2, 0.25) is 0 Å². The normalized spacial score (nSPS) is 10.6. The van der Waals surface area contributed by atoms with Crippen molar-refractivity contribution in [1.29, 1.82) is 0 Å². The molecule has 2 rings (SSSR count). The van der Waals surface area contributed by atoms with E-state index in [9.17, 15) is 4.79 Å². The van der Waals surface area contributed by atoms with Crippen LogP contribution in [0.25, 0.3) is 0 Å². The maximum Gasteiger partial charge on any atom is 0.270 e. The first-order valence-corrected chi connectivity index (χ1v) is 6.31. The van der Waals surface area contributed by atoms with Crippen LogP contribution >= 0.6 is 0 Å². The van der Waals surface area contributed by atoms with Gasteiger partial charge in [-0.05, 0) is 28.8 Å². The van der Waals surface area contributed by atoms with Crippen LogP contribution in [0.2, 0.25) is 0 Å². The number of nitrogens with one attached hydrogen (secondary N) is 1. The van der Waals surface area contributed by atoms with Gasteiger partial charge in [-0.3, -0.25) is 10.1 Å². The molecule has 0 atom stereocenters. The number of anilines is 1. The number of carbonyl (C=O) groups is 1. The van der Waals surface area contributed by atoms with Gasteiger partial charge in [-0.2, -0.15) is 4.80 Å². The van der Waals surface area contributed by atoms with Gasteiger partial charge in [0, 0.05) is 0 Å². The van der Waals surface area contributed by atoms with Crippen LogP contribution in [0.3, 0.4) is 0 Å². The van der Waals surface area contributed by atoms with Crippen molar-refractivity contribution in [3.05, 3.63) is 29.8 Å². The Morgan fingerprint density at radius 2 is 2.05 bits per heavy atom. The first kappa shape index (κ1) is 14.0. The zero-order valence-corrected chi connectivity index (χ0v) is 11.7. The SMILES string of the molecule is CC(C)c1ccc(OCC(=O)Nc2nnn(C)n2)cc1. The topological polar surface area (TPSA) is 81.9 Å². The van der Waals surface area contributed by atoms with Gasteiger partial charge in [0.1, 0.15) is 5.75 Å². The summed E-state index contributed by atoms with van der Waals surface area (Å²) in [7, 11) is 1.62. The van der Waals surface area contributed by atoms with Crippen LogP contribution in [0, 0.1) is 0 Å². The van der Waals surface area contributed by atoms with Crippen LogP contribution in [0.4, 0.5) is 5.95 Å². The van der Waals surface area contributed by atoms with Gasteiger partial charge in [-0.15, -0.1) is 5.10 Å². The smallest absolute Gasteiger partial charge is 0.270 e. The van der Waals surface area contributed by atoms with Gasteiger partial charge in [0.25, 0.3) is 11.9 Å². The van der Waals surface area contributed by atoms with Gasteiger partial charge in [0.05, 0.1) is 7.05 Å². The maximum atomic E-state index is 11.6. The minimum absolute atomic E-state index is 0.0979. The van der Waals surface area contributed by atoms with Crippen molar-refractivity contribution in [1.82, 2.24) is 20.2 Å². The third kappa shape index (κ3) is 3.78. The van der Waals surface area contributed by atoms with Crippen molar-refractivity contribution in [2.45, 2.75) is 19.8 Å². The Kier molecular flexibility index (Phi) is 4.29. The zero-order chi connectivity index (χ0) is 14.5. The van der Waals surface area contributed by atoms with E-state index in [0.717, 1.165) is 0 Å². The lowest BCUT2D eigenvalue weighted by molar-refractivity contribution is -0.118. The highest BCUT2D eigenvalue weighted by atomic mass is 16.5. The second kappa shape index (κ2) is 6.14. The number of tetrazole rings is 1. The fourth-order valence-corrected chi connectivity index (χ4v) is 1.59. The average molecular weight is 275 g/mol. The summed E-state index contributed by atoms with van der Waals surface area (Å²) >= 11 is 0. The number of hydrogen-bond donors (Lipinski definition) is 1. The van der Waals surface area contributed by atoms with Crippen molar-refractivity contribution in [2.24, 2.45) is 7.05 Å². The lowest BCUT2D eigenvalue weighted by atomic mass is 10.0. The molecule has 0 bridgehead atoms. The van der Waals surface area contributed by atoms with Crippen LogP contribution in [-0.4, -0.2) is 32.7 Å². The molecule has 0 unspecified atom stereocenters. The van der Waals surface area contributed by atoms with Gasteiger partial charge < -0.3 is 4.74 Å². The Morgan fingerprint density at radius 1 is 1.35 bits per heavy atom. The van der Waals surface area contributed by atoms with Gasteiger partial charge in [-0.1, -0.05) is 31.1 Å². The maximum absolute atomic E-state index is 11.6. The van der Waals surface area contributed by atoms with E-state index in [1.54, 1.807) is 7.05 Å². The van der Waals surface area contributed by atoms with Crippen molar-refractivity contribution >= 4 is 11.9 Å². The van der Waals surface area contributed by atoms with Gasteiger partial charge in [-0.25, -0.2) is 0 Å². The zero-order valence-electron chi connectivity index (χ0n) is 11.7. The standard InChI is InChI=1S/C13H17N5O2/c1-9(2)10-4-6-11(7-5-10)20-8-12(19)14-13-15-17-18(3)16-13/h4-7,9H,8H2,1-3H3,(H,14,16,19). The van der Waals surface area contributed by atoms with E-state index in [4.69, 9.17) is 4.74 Å². The Morgan fingerprint density at radius 3 is 2.60 bits per heavy atom. The molecule has 0 saturated heterocycles. The highest BCUT2D eigenvalue weighted by Gasteiger charge is 2.07. The Balaban J connectivity index is 1.83. The minimum Gasteiger partial charge on any atom is -0.484 e. The molecule has 1 N–H and O–H groups in total. The summed E-state index contributed by atoms with van der Waals surface area (Å²) in [6.07, 6.45) is 0. The summed E-state index contributed by atoms with van der Waals surface area (Å²) in [4.78, 5) is 12.9. The molecule has 106 valence electrons. The molecule has 7 nitrogen and oxygen atoms in total.